The van der Waals surface area contributed by atoms with Gasteiger partial charge in [-0.3, -0.25) is 0 Å². The van der Waals surface area contributed by atoms with Gasteiger partial charge in [0.05, 0.1) is 0 Å². The Bertz CT molecular complexity index is 57.8. The van der Waals surface area contributed by atoms with Crippen molar-refractivity contribution in [2.24, 2.45) is 0 Å². The topological polar surface area (TPSA) is 77.8 Å². The Hall–Kier alpha value is 1.06. The van der Waals surface area contributed by atoms with Crippen LogP contribution in [0.25, 0.3) is 0 Å². The van der Waals surface area contributed by atoms with Crippen LogP contribution in [-0.2, 0) is 4.57 Å². The van der Waals surface area contributed by atoms with Gasteiger partial charge in [0.1, 0.15) is 0 Å². The van der Waals surface area contributed by atoms with E-state index in [1.54, 1.807) is 0 Å². The molecule has 0 aliphatic heterocycles. The van der Waals surface area contributed by atoms with E-state index < -0.39 is 7.82 Å². The summed E-state index contributed by atoms with van der Waals surface area (Å²) < 4.78 is 8.88. The van der Waals surface area contributed by atoms with Gasteiger partial charge < -0.3 is 14.7 Å². The van der Waals surface area contributed by atoms with Crippen LogP contribution in [0.4, 0.5) is 0 Å². The van der Waals surface area contributed by atoms with Gasteiger partial charge in [-0.1, -0.05) is 0 Å². The fourth-order valence-corrected chi connectivity index (χ4v) is 0. The second kappa shape index (κ2) is 5.20. The van der Waals surface area contributed by atoms with Crippen molar-refractivity contribution in [3.8, 4) is 0 Å². The van der Waals surface area contributed by atoms with Gasteiger partial charge in [0, 0.05) is 0 Å². The molecule has 0 amide bonds. The zero-order valence-electron chi connectivity index (χ0n) is 2.70. The Labute approximate surface area is 59.8 Å². The molecule has 0 saturated heterocycles. The van der Waals surface area contributed by atoms with Gasteiger partial charge >= 0.3 is 26.7 Å². The summed E-state index contributed by atoms with van der Waals surface area (Å²) in [5.74, 6) is 0. The summed E-state index contributed by atoms with van der Waals surface area (Å²) in [6, 6.07) is 0. The molecule has 0 radical (unpaired) electrons. The van der Waals surface area contributed by atoms with Crippen molar-refractivity contribution in [2.45, 2.75) is 0 Å². The zero-order chi connectivity index (χ0) is 4.50. The van der Waals surface area contributed by atoms with Crippen LogP contribution >= 0.6 is 21.3 Å². The summed E-state index contributed by atoms with van der Waals surface area (Å²) in [4.78, 5) is 21.6. The molecular formula is H6LiO4PS. The SMILES string of the molecule is O=P(O)(O)O.S.[LiH]. The van der Waals surface area contributed by atoms with Crippen LogP contribution in [0.1, 0.15) is 0 Å². The minimum absolute atomic E-state index is 0. The fourth-order valence-electron chi connectivity index (χ4n) is 0. The predicted octanol–water partition coefficient (Wildman–Crippen LogP) is -1.46. The van der Waals surface area contributed by atoms with E-state index in [2.05, 4.69) is 0 Å². The quantitative estimate of drug-likeness (QED) is 0.283. The first-order valence-corrected chi connectivity index (χ1v) is 2.35. The Morgan fingerprint density at radius 2 is 1.14 bits per heavy atom. The summed E-state index contributed by atoms with van der Waals surface area (Å²) in [7, 11) is -4.64. The van der Waals surface area contributed by atoms with Crippen LogP contribution in [0.3, 0.4) is 0 Å². The van der Waals surface area contributed by atoms with Gasteiger partial charge in [-0.2, -0.15) is 13.5 Å². The second-order valence-corrected chi connectivity index (χ2v) is 1.54. The maximum atomic E-state index is 8.88. The Kier molecular flexibility index (Phi) is 11.7. The van der Waals surface area contributed by atoms with Crippen LogP contribution in [0.5, 0.6) is 0 Å². The molecule has 0 heterocycles. The molecule has 7 heavy (non-hydrogen) atoms. The molecular weight excluding hydrogens is 134 g/mol. The molecule has 0 rings (SSSR count). The third-order valence-electron chi connectivity index (χ3n) is 0. The van der Waals surface area contributed by atoms with Crippen molar-refractivity contribution < 1.29 is 19.2 Å². The van der Waals surface area contributed by atoms with E-state index in [0.717, 1.165) is 0 Å². The van der Waals surface area contributed by atoms with Crippen LogP contribution in [0, 0.1) is 0 Å². The third-order valence-corrected chi connectivity index (χ3v) is 0. The van der Waals surface area contributed by atoms with Crippen LogP contribution < -0.4 is 0 Å². The van der Waals surface area contributed by atoms with Crippen molar-refractivity contribution in [2.75, 3.05) is 0 Å². The van der Waals surface area contributed by atoms with Gasteiger partial charge in [0.2, 0.25) is 0 Å². The second-order valence-electron chi connectivity index (χ2n) is 0.513. The zero-order valence-corrected chi connectivity index (χ0v) is 4.59. The molecule has 0 fully saturated rings. The van der Waals surface area contributed by atoms with Crippen molar-refractivity contribution in [3.05, 3.63) is 0 Å². The minimum atomic E-state index is -4.64. The first-order valence-electron chi connectivity index (χ1n) is 0.783. The molecule has 0 aliphatic carbocycles. The summed E-state index contributed by atoms with van der Waals surface area (Å²) in [6.07, 6.45) is 0. The molecule has 0 aromatic heterocycles. The molecule has 42 valence electrons. The van der Waals surface area contributed by atoms with Gasteiger partial charge in [0.25, 0.3) is 0 Å². The number of hydrogen-bond donors (Lipinski definition) is 3. The van der Waals surface area contributed by atoms with E-state index in [9.17, 15) is 0 Å². The normalized spacial score (nSPS) is 8.43. The van der Waals surface area contributed by atoms with E-state index >= 15 is 0 Å². The van der Waals surface area contributed by atoms with Crippen molar-refractivity contribution >= 4 is 40.2 Å². The van der Waals surface area contributed by atoms with E-state index in [-0.39, 0.29) is 32.4 Å². The number of hydrogen-bond acceptors (Lipinski definition) is 1. The van der Waals surface area contributed by atoms with Crippen molar-refractivity contribution in [1.82, 2.24) is 0 Å². The molecule has 0 saturated carbocycles. The molecule has 0 aromatic rings. The summed E-state index contributed by atoms with van der Waals surface area (Å²) in [5.41, 5.74) is 0. The molecule has 0 atom stereocenters. The van der Waals surface area contributed by atoms with Gasteiger partial charge in [-0.15, -0.1) is 0 Å². The van der Waals surface area contributed by atoms with Crippen LogP contribution in [-0.4, -0.2) is 33.5 Å². The molecule has 0 spiro atoms. The molecule has 0 aliphatic rings. The Balaban J connectivity index is -0.0000000800. The Morgan fingerprint density at radius 1 is 1.14 bits per heavy atom. The van der Waals surface area contributed by atoms with Crippen LogP contribution in [0.2, 0.25) is 0 Å². The predicted molar refractivity (Wildman–Crippen MR) is 31.8 cm³/mol. The van der Waals surface area contributed by atoms with E-state index in [4.69, 9.17) is 19.2 Å². The van der Waals surface area contributed by atoms with Crippen molar-refractivity contribution in [3.63, 3.8) is 0 Å². The van der Waals surface area contributed by atoms with E-state index in [1.165, 1.54) is 0 Å². The standard InChI is InChI=1S/Li.H3O4P.H2S.H/c;1-5(2,3)4;;/h;(H3,1,2,3,4);1H2;. The summed E-state index contributed by atoms with van der Waals surface area (Å²) in [5, 5.41) is 0. The first-order chi connectivity index (χ1) is 2.00. The van der Waals surface area contributed by atoms with Gasteiger partial charge in [-0.05, 0) is 0 Å². The molecule has 7 heteroatoms. The average Bonchev–Trinajstić information content (AvgIpc) is 0.722. The molecule has 0 bridgehead atoms. The maximum absolute atomic E-state index is 8.88. The van der Waals surface area contributed by atoms with E-state index in [1.807, 2.05) is 0 Å². The number of rotatable bonds is 0. The third kappa shape index (κ3) is 161. The molecule has 0 aromatic carbocycles. The average molecular weight is 140 g/mol. The van der Waals surface area contributed by atoms with E-state index in [0.29, 0.717) is 0 Å². The Morgan fingerprint density at radius 3 is 1.14 bits per heavy atom. The molecule has 0 unspecified atom stereocenters. The molecule has 3 N–H and O–H groups in total. The fraction of sp³-hybridized carbons (Fsp3) is 0. The van der Waals surface area contributed by atoms with Crippen molar-refractivity contribution in [1.29, 1.82) is 0 Å². The number of phosphoric acid groups is 1. The summed E-state index contributed by atoms with van der Waals surface area (Å²) >= 11 is 0. The van der Waals surface area contributed by atoms with Gasteiger partial charge in [-0.25, -0.2) is 4.57 Å². The monoisotopic (exact) mass is 140 g/mol. The first kappa shape index (κ1) is 15.7. The van der Waals surface area contributed by atoms with Gasteiger partial charge in [0.15, 0.2) is 0 Å². The molecule has 4 nitrogen and oxygen atoms in total. The van der Waals surface area contributed by atoms with Crippen LogP contribution in [0.15, 0.2) is 0 Å². The summed E-state index contributed by atoms with van der Waals surface area (Å²) in [6.45, 7) is 0.